The lowest BCUT2D eigenvalue weighted by molar-refractivity contribution is -0.309. The number of aliphatic hydroxyl groups is 10. The first kappa shape index (κ1) is 60.1. The number of carboxylic acid groups (broad SMARTS) is 1. The minimum Gasteiger partial charge on any atom is -0.481 e. The summed E-state index contributed by atoms with van der Waals surface area (Å²) in [5.74, 6) is -7.42. The summed E-state index contributed by atoms with van der Waals surface area (Å²) in [6.45, 7) is 6.71. The van der Waals surface area contributed by atoms with Crippen molar-refractivity contribution in [3.63, 3.8) is 0 Å². The lowest BCUT2D eigenvalue weighted by Gasteiger charge is -2.45. The second kappa shape index (κ2) is 30.0. The van der Waals surface area contributed by atoms with Crippen LogP contribution in [0.15, 0.2) is 85.1 Å². The van der Waals surface area contributed by atoms with Crippen LogP contribution < -0.4 is 5.32 Å². The number of amides is 1. The minimum atomic E-state index is -2.36. The molecule has 2 saturated heterocycles. The van der Waals surface area contributed by atoms with Gasteiger partial charge in [0.1, 0.15) is 24.2 Å². The molecular formula is C49H74INO18. The van der Waals surface area contributed by atoms with E-state index in [9.17, 15) is 70.6 Å². The molecule has 0 aromatic heterocycles. The summed E-state index contributed by atoms with van der Waals surface area (Å²) in [6.07, 6.45) is 2.49. The summed E-state index contributed by atoms with van der Waals surface area (Å²) in [7, 11) is 0. The van der Waals surface area contributed by atoms with Gasteiger partial charge in [-0.25, -0.2) is 0 Å². The Labute approximate surface area is 417 Å². The molecule has 0 aromatic rings. The molecule has 0 radical (unpaired) electrons. The monoisotopic (exact) mass is 1090 g/mol. The van der Waals surface area contributed by atoms with Gasteiger partial charge in [0.15, 0.2) is 12.1 Å². The number of esters is 1. The Balaban J connectivity index is 1.90. The molecule has 3 rings (SSSR count). The van der Waals surface area contributed by atoms with Crippen LogP contribution in [0.3, 0.4) is 0 Å². The van der Waals surface area contributed by atoms with E-state index in [0.29, 0.717) is 0 Å². The minimum absolute atomic E-state index is 0.0282. The standard InChI is InChI=1S/C49H74INO18/c1-28-17-15-13-11-9-7-5-6-8-10-12-14-16-18-35(68-48-46(62)43(51-40(58)27-50)45(61)31(4)67-48)24-39-42(47(63)64)38(57)26-49(65,69-39)25-34(54)22-37(56)36(55)20-19-32(52)21-33(53)23-41(59)66-30(3)29(2)44(28)60/h5-18,28-39,42-46,48,52-57,60-62,65H,19-27H2,1-4H3,(H,51,58)(H,63,64)/b6-5+,9-7+,10-8+,13-11+,14-12+,17-15+,18-16+/t28-,29-,30-,31+,32+,33+,34-,35-,36+,37+,38-,39-,42+,43-,44+,45+,46-,48-,49+/m0/s1. The van der Waals surface area contributed by atoms with Crippen LogP contribution in [-0.4, -0.2) is 176 Å². The van der Waals surface area contributed by atoms with E-state index in [1.54, 1.807) is 86.8 Å². The number of fused-ring (bicyclic) bond motifs is 2. The first-order valence-electron chi connectivity index (χ1n) is 23.3. The van der Waals surface area contributed by atoms with Gasteiger partial charge in [-0.05, 0) is 33.1 Å². The molecule has 19 atom stereocenters. The summed E-state index contributed by atoms with van der Waals surface area (Å²) in [4.78, 5) is 37.5. The van der Waals surface area contributed by atoms with Crippen LogP contribution in [0.1, 0.15) is 79.1 Å². The predicted molar refractivity (Wildman–Crippen MR) is 260 cm³/mol. The summed E-state index contributed by atoms with van der Waals surface area (Å²) in [5.41, 5.74) is 0. The van der Waals surface area contributed by atoms with Gasteiger partial charge in [-0.3, -0.25) is 14.4 Å². The van der Waals surface area contributed by atoms with E-state index in [1.165, 1.54) is 13.0 Å². The summed E-state index contributed by atoms with van der Waals surface area (Å²) < 4.78 is 23.4. The van der Waals surface area contributed by atoms with Gasteiger partial charge in [0.05, 0.1) is 77.9 Å². The Morgan fingerprint density at radius 2 is 1.28 bits per heavy atom. The second-order valence-electron chi connectivity index (χ2n) is 18.2. The molecule has 0 saturated carbocycles. The maximum Gasteiger partial charge on any atom is 0.311 e. The summed E-state index contributed by atoms with van der Waals surface area (Å²) in [6, 6.07) is -1.21. The zero-order valence-electron chi connectivity index (χ0n) is 39.5. The molecule has 0 unspecified atom stereocenters. The van der Waals surface area contributed by atoms with Crippen LogP contribution in [0, 0.1) is 17.8 Å². The van der Waals surface area contributed by atoms with Gasteiger partial charge < -0.3 is 80.4 Å². The first-order valence-corrected chi connectivity index (χ1v) is 24.9. The Hall–Kier alpha value is -3.20. The number of rotatable bonds is 5. The van der Waals surface area contributed by atoms with Gasteiger partial charge in [-0.15, -0.1) is 0 Å². The number of cyclic esters (lactones) is 1. The Kier molecular flexibility index (Phi) is 26.1. The Bertz CT molecular complexity index is 1810. The normalized spacial score (nSPS) is 43.4. The van der Waals surface area contributed by atoms with Crippen molar-refractivity contribution in [3.05, 3.63) is 85.1 Å². The number of hydrogen-bond acceptors (Lipinski definition) is 17. The van der Waals surface area contributed by atoms with Crippen molar-refractivity contribution in [1.29, 1.82) is 0 Å². The number of carboxylic acids is 1. The lowest BCUT2D eigenvalue weighted by Crippen LogP contribution is -2.64. The highest BCUT2D eigenvalue weighted by molar-refractivity contribution is 14.1. The van der Waals surface area contributed by atoms with Gasteiger partial charge >= 0.3 is 11.9 Å². The van der Waals surface area contributed by atoms with Crippen molar-refractivity contribution in [2.75, 3.05) is 4.43 Å². The van der Waals surface area contributed by atoms with Crippen molar-refractivity contribution >= 4 is 40.4 Å². The zero-order valence-corrected chi connectivity index (χ0v) is 41.7. The van der Waals surface area contributed by atoms with Crippen molar-refractivity contribution in [1.82, 2.24) is 5.32 Å². The van der Waals surface area contributed by atoms with Crippen LogP contribution in [0.2, 0.25) is 0 Å². The maximum absolute atomic E-state index is 12.6. The van der Waals surface area contributed by atoms with Crippen molar-refractivity contribution in [2.45, 2.75) is 177 Å². The number of aliphatic carboxylic acids is 1. The van der Waals surface area contributed by atoms with E-state index in [1.807, 2.05) is 35.6 Å². The third kappa shape index (κ3) is 20.4. The van der Waals surface area contributed by atoms with E-state index in [-0.39, 0.29) is 36.0 Å². The average molecular weight is 1090 g/mol. The van der Waals surface area contributed by atoms with E-state index < -0.39 is 153 Å². The number of halogens is 1. The molecule has 19 nitrogen and oxygen atoms in total. The van der Waals surface area contributed by atoms with Gasteiger partial charge in [0.25, 0.3) is 0 Å². The Morgan fingerprint density at radius 1 is 0.696 bits per heavy atom. The zero-order chi connectivity index (χ0) is 51.4. The number of ether oxygens (including phenoxy) is 4. The topological polar surface area (TPSA) is 323 Å². The molecule has 2 fully saturated rings. The van der Waals surface area contributed by atoms with Crippen LogP contribution >= 0.6 is 22.6 Å². The van der Waals surface area contributed by atoms with E-state index in [0.717, 1.165) is 0 Å². The number of nitrogens with one attached hydrogen (secondary N) is 1. The van der Waals surface area contributed by atoms with E-state index >= 15 is 0 Å². The number of aliphatic hydroxyl groups excluding tert-OH is 9. The molecule has 3 aliphatic heterocycles. The smallest absolute Gasteiger partial charge is 0.311 e. The third-order valence-corrected chi connectivity index (χ3v) is 13.1. The lowest BCUT2D eigenvalue weighted by atomic mass is 9.82. The number of allylic oxidation sites excluding steroid dienone is 12. The highest BCUT2D eigenvalue weighted by atomic mass is 127. The number of carbonyl (C=O) groups is 3. The van der Waals surface area contributed by atoms with E-state index in [4.69, 9.17) is 18.9 Å². The molecule has 0 aromatic carbocycles. The van der Waals surface area contributed by atoms with Gasteiger partial charge in [-0.2, -0.15) is 0 Å². The number of alkyl halides is 1. The van der Waals surface area contributed by atoms with Crippen molar-refractivity contribution < 1.29 is 89.5 Å². The highest BCUT2D eigenvalue weighted by Crippen LogP contribution is 2.38. The summed E-state index contributed by atoms with van der Waals surface area (Å²) >= 11 is 1.82. The van der Waals surface area contributed by atoms with Crippen molar-refractivity contribution in [3.8, 4) is 0 Å². The first-order chi connectivity index (χ1) is 32.5. The third-order valence-electron chi connectivity index (χ3n) is 12.4. The van der Waals surface area contributed by atoms with Crippen molar-refractivity contribution in [2.24, 2.45) is 17.8 Å². The molecule has 0 spiro atoms. The summed E-state index contributed by atoms with van der Waals surface area (Å²) in [5, 5.41) is 122. The molecule has 3 heterocycles. The average Bonchev–Trinajstić information content (AvgIpc) is 3.26. The fourth-order valence-corrected chi connectivity index (χ4v) is 8.55. The fraction of sp³-hybridized carbons (Fsp3) is 0.653. The highest BCUT2D eigenvalue weighted by Gasteiger charge is 2.51. The van der Waals surface area contributed by atoms with Crippen LogP contribution in [-0.2, 0) is 33.3 Å². The van der Waals surface area contributed by atoms with E-state index in [2.05, 4.69) is 5.32 Å². The largest absolute Gasteiger partial charge is 0.481 e. The molecule has 3 aliphatic rings. The Morgan fingerprint density at radius 3 is 1.86 bits per heavy atom. The van der Waals surface area contributed by atoms with Crippen LogP contribution in [0.4, 0.5) is 0 Å². The molecule has 20 heteroatoms. The fourth-order valence-electron chi connectivity index (χ4n) is 8.33. The predicted octanol–water partition coefficient (Wildman–Crippen LogP) is 1.30. The molecule has 390 valence electrons. The maximum atomic E-state index is 12.6. The molecular weight excluding hydrogens is 1020 g/mol. The molecule has 0 aliphatic carbocycles. The van der Waals surface area contributed by atoms with Crippen LogP contribution in [0.25, 0.3) is 0 Å². The van der Waals surface area contributed by atoms with Gasteiger partial charge in [-0.1, -0.05) is 122 Å². The quantitative estimate of drug-likeness (QED) is 0.105. The second-order valence-corrected chi connectivity index (χ2v) is 19.0. The molecule has 69 heavy (non-hydrogen) atoms. The van der Waals surface area contributed by atoms with Gasteiger partial charge in [0, 0.05) is 37.5 Å². The molecule has 1 amide bonds. The van der Waals surface area contributed by atoms with Crippen LogP contribution in [0.5, 0.6) is 0 Å². The number of carbonyl (C=O) groups excluding carboxylic acids is 2. The molecule has 12 N–H and O–H groups in total. The van der Waals surface area contributed by atoms with Gasteiger partial charge in [0.2, 0.25) is 5.91 Å². The SMILES string of the molecule is C[C@@H]1[C@H](O)[C@@H](C)/C=C/C=C/C=C/C=C/C=C/C=C/C=C/[C@H](O[C@@H]2O[C@H](C)[C@@H](O)[C@H](NC(=O)CI)[C@@H]2O)C[C@@H]2O[C@](O)(C[C@@H](O)C[C@@H](O)[C@H](O)CC[C@@H](O)C[C@@H](O)CC(=O)O[C@H]1C)C[C@H](O)[C@H]2C(=O)O. The molecule has 2 bridgehead atoms. The number of hydrogen-bond donors (Lipinski definition) is 12.